The number of hydrogen-bond acceptors (Lipinski definition) is 3. The number of esters is 1. The zero-order chi connectivity index (χ0) is 18.6. The molecule has 2 rings (SSSR count). The molecule has 2 aromatic rings. The van der Waals surface area contributed by atoms with E-state index in [1.807, 2.05) is 32.9 Å². The lowest BCUT2D eigenvalue weighted by atomic mass is 10.1. The molecule has 0 aliphatic rings. The summed E-state index contributed by atoms with van der Waals surface area (Å²) in [6.07, 6.45) is -0.0220. The molecule has 0 heterocycles. The van der Waals surface area contributed by atoms with Crippen LogP contribution in [0.5, 0.6) is 0 Å². The summed E-state index contributed by atoms with van der Waals surface area (Å²) in [6, 6.07) is 8.83. The Hall–Kier alpha value is -2.04. The van der Waals surface area contributed by atoms with Crippen molar-refractivity contribution in [2.45, 2.75) is 27.2 Å². The smallest absolute Gasteiger partial charge is 0.310 e. The van der Waals surface area contributed by atoms with E-state index in [-0.39, 0.29) is 18.9 Å². The monoisotopic (exact) mass is 379 g/mol. The fourth-order valence-electron chi connectivity index (χ4n) is 2.57. The highest BCUT2D eigenvalue weighted by molar-refractivity contribution is 6.35. The van der Waals surface area contributed by atoms with Crippen LogP contribution in [0.2, 0.25) is 10.0 Å². The molecule has 4 nitrogen and oxygen atoms in total. The fraction of sp³-hybridized carbons (Fsp3) is 0.263. The van der Waals surface area contributed by atoms with Gasteiger partial charge in [0, 0.05) is 15.7 Å². The Balaban J connectivity index is 1.90. The van der Waals surface area contributed by atoms with Gasteiger partial charge in [0.1, 0.15) is 0 Å². The van der Waals surface area contributed by atoms with Crippen molar-refractivity contribution in [1.82, 2.24) is 0 Å². The largest absolute Gasteiger partial charge is 0.455 e. The van der Waals surface area contributed by atoms with E-state index in [4.69, 9.17) is 27.9 Å². The minimum absolute atomic E-state index is 0.0220. The summed E-state index contributed by atoms with van der Waals surface area (Å²) in [6.45, 7) is 5.49. The number of aryl methyl sites for hydroxylation is 3. The summed E-state index contributed by atoms with van der Waals surface area (Å²) in [5.41, 5.74) is 4.39. The minimum Gasteiger partial charge on any atom is -0.455 e. The third-order valence-corrected chi connectivity index (χ3v) is 4.24. The number of amides is 1. The van der Waals surface area contributed by atoms with E-state index in [0.29, 0.717) is 15.6 Å². The molecule has 0 aromatic heterocycles. The number of carbonyl (C=O) groups excluding carboxylic acids is 2. The van der Waals surface area contributed by atoms with Gasteiger partial charge in [-0.05, 0) is 49.6 Å². The van der Waals surface area contributed by atoms with E-state index in [0.717, 1.165) is 22.4 Å². The van der Waals surface area contributed by atoms with Crippen molar-refractivity contribution in [3.63, 3.8) is 0 Å². The highest BCUT2D eigenvalue weighted by Gasteiger charge is 2.13. The zero-order valence-corrected chi connectivity index (χ0v) is 15.8. The number of nitrogens with one attached hydrogen (secondary N) is 1. The van der Waals surface area contributed by atoms with Crippen molar-refractivity contribution in [2.24, 2.45) is 0 Å². The van der Waals surface area contributed by atoms with Gasteiger partial charge in [0.05, 0.1) is 6.42 Å². The average molecular weight is 380 g/mol. The summed E-state index contributed by atoms with van der Waals surface area (Å²) < 4.78 is 5.03. The van der Waals surface area contributed by atoms with Crippen LogP contribution in [0.15, 0.2) is 30.3 Å². The van der Waals surface area contributed by atoms with E-state index in [1.54, 1.807) is 18.2 Å². The van der Waals surface area contributed by atoms with Crippen molar-refractivity contribution in [1.29, 1.82) is 0 Å². The predicted octanol–water partition coefficient (Wildman–Crippen LogP) is 4.64. The van der Waals surface area contributed by atoms with Gasteiger partial charge in [-0.15, -0.1) is 0 Å². The van der Waals surface area contributed by atoms with Crippen molar-refractivity contribution in [2.75, 3.05) is 11.9 Å². The fourth-order valence-corrected chi connectivity index (χ4v) is 3.05. The number of ether oxygens (including phenoxy) is 1. The van der Waals surface area contributed by atoms with E-state index in [1.165, 1.54) is 0 Å². The molecule has 0 aliphatic heterocycles. The van der Waals surface area contributed by atoms with E-state index >= 15 is 0 Å². The molecule has 0 atom stereocenters. The number of hydrogen-bond donors (Lipinski definition) is 1. The molecule has 1 N–H and O–H groups in total. The van der Waals surface area contributed by atoms with Crippen LogP contribution in [-0.2, 0) is 20.7 Å². The van der Waals surface area contributed by atoms with E-state index in [2.05, 4.69) is 5.32 Å². The molecule has 0 saturated heterocycles. The summed E-state index contributed by atoms with van der Waals surface area (Å²) in [4.78, 5) is 23.9. The highest BCUT2D eigenvalue weighted by atomic mass is 35.5. The van der Waals surface area contributed by atoms with Gasteiger partial charge in [0.2, 0.25) is 0 Å². The maximum Gasteiger partial charge on any atom is 0.310 e. The minimum atomic E-state index is -0.531. The van der Waals surface area contributed by atoms with Crippen LogP contribution in [0.3, 0.4) is 0 Å². The van der Waals surface area contributed by atoms with Gasteiger partial charge < -0.3 is 10.1 Å². The molecule has 0 unspecified atom stereocenters. The maximum absolute atomic E-state index is 12.0. The van der Waals surface area contributed by atoms with Gasteiger partial charge in [-0.25, -0.2) is 0 Å². The first-order valence-electron chi connectivity index (χ1n) is 7.73. The molecule has 6 heteroatoms. The molecule has 0 spiro atoms. The topological polar surface area (TPSA) is 55.4 Å². The van der Waals surface area contributed by atoms with Crippen molar-refractivity contribution in [3.8, 4) is 0 Å². The first-order valence-corrected chi connectivity index (χ1v) is 8.49. The molecule has 0 bridgehead atoms. The molecule has 0 fully saturated rings. The normalized spacial score (nSPS) is 10.4. The van der Waals surface area contributed by atoms with Gasteiger partial charge in [0.15, 0.2) is 6.61 Å². The van der Waals surface area contributed by atoms with Gasteiger partial charge in [-0.2, -0.15) is 0 Å². The Bertz CT molecular complexity index is 795. The lowest BCUT2D eigenvalue weighted by Gasteiger charge is -2.13. The third kappa shape index (κ3) is 5.48. The van der Waals surface area contributed by atoms with Crippen molar-refractivity contribution < 1.29 is 14.3 Å². The number of benzene rings is 2. The Morgan fingerprint density at radius 1 is 1.04 bits per heavy atom. The summed E-state index contributed by atoms with van der Waals surface area (Å²) in [5.74, 6) is -0.915. The van der Waals surface area contributed by atoms with Crippen LogP contribution in [0.25, 0.3) is 0 Å². The first kappa shape index (κ1) is 19.3. The lowest BCUT2D eigenvalue weighted by Crippen LogP contribution is -2.22. The standard InChI is InChI=1S/C19H19Cl2NO3/c1-11-6-12(2)19(13(3)7-11)22-17(23)10-25-18(24)8-14-4-5-15(20)9-16(14)21/h4-7,9H,8,10H2,1-3H3,(H,22,23). The van der Waals surface area contributed by atoms with Crippen LogP contribution < -0.4 is 5.32 Å². The SMILES string of the molecule is Cc1cc(C)c(NC(=O)COC(=O)Cc2ccc(Cl)cc2Cl)c(C)c1. The lowest BCUT2D eigenvalue weighted by molar-refractivity contribution is -0.146. The van der Waals surface area contributed by atoms with Crippen molar-refractivity contribution in [3.05, 3.63) is 62.6 Å². The zero-order valence-electron chi connectivity index (χ0n) is 14.3. The molecular formula is C19H19Cl2NO3. The third-order valence-electron chi connectivity index (χ3n) is 3.66. The molecule has 0 radical (unpaired) electrons. The van der Waals surface area contributed by atoms with Crippen LogP contribution in [0.1, 0.15) is 22.3 Å². The summed E-state index contributed by atoms with van der Waals surface area (Å²) >= 11 is 11.8. The summed E-state index contributed by atoms with van der Waals surface area (Å²) in [7, 11) is 0. The molecule has 132 valence electrons. The highest BCUT2D eigenvalue weighted by Crippen LogP contribution is 2.22. The van der Waals surface area contributed by atoms with Crippen molar-refractivity contribution >= 4 is 40.8 Å². The van der Waals surface area contributed by atoms with Crippen LogP contribution in [0.4, 0.5) is 5.69 Å². The maximum atomic E-state index is 12.0. The van der Waals surface area contributed by atoms with Gasteiger partial charge in [-0.1, -0.05) is 47.0 Å². The predicted molar refractivity (Wildman–Crippen MR) is 100 cm³/mol. The van der Waals surface area contributed by atoms with Gasteiger partial charge >= 0.3 is 5.97 Å². The quantitative estimate of drug-likeness (QED) is 0.769. The molecular weight excluding hydrogens is 361 g/mol. The first-order chi connectivity index (χ1) is 11.8. The number of halogens is 2. The molecule has 2 aromatic carbocycles. The van der Waals surface area contributed by atoms with Crippen LogP contribution in [0, 0.1) is 20.8 Å². The Morgan fingerprint density at radius 2 is 1.68 bits per heavy atom. The second-order valence-corrected chi connectivity index (χ2v) is 6.74. The molecule has 1 amide bonds. The molecule has 0 aliphatic carbocycles. The van der Waals surface area contributed by atoms with E-state index in [9.17, 15) is 9.59 Å². The average Bonchev–Trinajstić information content (AvgIpc) is 2.51. The Morgan fingerprint density at radius 3 is 2.28 bits per heavy atom. The summed E-state index contributed by atoms with van der Waals surface area (Å²) in [5, 5.41) is 3.66. The number of carbonyl (C=O) groups is 2. The second-order valence-electron chi connectivity index (χ2n) is 5.90. The Kier molecular flexibility index (Phi) is 6.45. The van der Waals surface area contributed by atoms with E-state index < -0.39 is 5.97 Å². The Labute approximate surface area is 157 Å². The van der Waals surface area contributed by atoms with Crippen LogP contribution in [-0.4, -0.2) is 18.5 Å². The number of anilines is 1. The second kappa shape index (κ2) is 8.37. The van der Waals surface area contributed by atoms with Gasteiger partial charge in [-0.3, -0.25) is 9.59 Å². The number of rotatable bonds is 5. The van der Waals surface area contributed by atoms with Gasteiger partial charge in [0.25, 0.3) is 5.91 Å². The molecule has 25 heavy (non-hydrogen) atoms. The molecule has 0 saturated carbocycles. The van der Waals surface area contributed by atoms with Crippen LogP contribution >= 0.6 is 23.2 Å².